The Hall–Kier alpha value is -4.14. The molecular formula is C24H22FN7O. The lowest BCUT2D eigenvalue weighted by Gasteiger charge is -2.38. The van der Waals surface area contributed by atoms with Crippen molar-refractivity contribution in [3.8, 4) is 5.69 Å². The van der Waals surface area contributed by atoms with Gasteiger partial charge in [0.1, 0.15) is 5.82 Å². The molecule has 0 aliphatic carbocycles. The van der Waals surface area contributed by atoms with Crippen LogP contribution >= 0.6 is 0 Å². The van der Waals surface area contributed by atoms with Crippen molar-refractivity contribution < 1.29 is 9.18 Å². The SMILES string of the molecule is O=C(c1cccnc1)N(c1cccc(F)c1)C1CCN(c2nnnn2-c2ccccc2)CC1. The monoisotopic (exact) mass is 443 g/mol. The molecule has 8 nitrogen and oxygen atoms in total. The van der Waals surface area contributed by atoms with E-state index in [1.54, 1.807) is 40.0 Å². The smallest absolute Gasteiger partial charge is 0.260 e. The Morgan fingerprint density at radius 2 is 1.82 bits per heavy atom. The number of benzene rings is 2. The lowest BCUT2D eigenvalue weighted by Crippen LogP contribution is -2.48. The van der Waals surface area contributed by atoms with Gasteiger partial charge in [-0.25, -0.2) is 4.39 Å². The Morgan fingerprint density at radius 1 is 1.00 bits per heavy atom. The van der Waals surface area contributed by atoms with Crippen molar-refractivity contribution >= 4 is 17.5 Å². The topological polar surface area (TPSA) is 80.0 Å². The number of aromatic nitrogens is 5. The van der Waals surface area contributed by atoms with Crippen molar-refractivity contribution in [2.75, 3.05) is 22.9 Å². The molecule has 3 heterocycles. The summed E-state index contributed by atoms with van der Waals surface area (Å²) in [6.07, 6.45) is 4.53. The van der Waals surface area contributed by atoms with Crippen molar-refractivity contribution in [2.45, 2.75) is 18.9 Å². The molecule has 0 atom stereocenters. The van der Waals surface area contributed by atoms with E-state index in [9.17, 15) is 9.18 Å². The molecule has 0 unspecified atom stereocenters. The number of para-hydroxylation sites is 1. The molecule has 33 heavy (non-hydrogen) atoms. The van der Waals surface area contributed by atoms with Crippen LogP contribution in [0.25, 0.3) is 5.69 Å². The molecule has 1 amide bonds. The van der Waals surface area contributed by atoms with Gasteiger partial charge in [0.2, 0.25) is 5.95 Å². The van der Waals surface area contributed by atoms with E-state index in [2.05, 4.69) is 25.4 Å². The van der Waals surface area contributed by atoms with Gasteiger partial charge in [-0.05, 0) is 65.7 Å². The third kappa shape index (κ3) is 4.30. The van der Waals surface area contributed by atoms with Crippen LogP contribution in [0.3, 0.4) is 0 Å². The molecule has 5 rings (SSSR count). The minimum absolute atomic E-state index is 0.100. The van der Waals surface area contributed by atoms with Gasteiger partial charge in [0, 0.05) is 37.2 Å². The maximum absolute atomic E-state index is 14.0. The molecule has 0 radical (unpaired) electrons. The summed E-state index contributed by atoms with van der Waals surface area (Å²) in [4.78, 5) is 21.3. The van der Waals surface area contributed by atoms with E-state index in [4.69, 9.17) is 0 Å². The number of halogens is 1. The number of carbonyl (C=O) groups excluding carboxylic acids is 1. The van der Waals surface area contributed by atoms with Gasteiger partial charge in [-0.3, -0.25) is 9.78 Å². The van der Waals surface area contributed by atoms with Gasteiger partial charge in [-0.2, -0.15) is 4.68 Å². The van der Waals surface area contributed by atoms with E-state index < -0.39 is 0 Å². The zero-order valence-electron chi connectivity index (χ0n) is 17.8. The molecular weight excluding hydrogens is 421 g/mol. The Kier molecular flexibility index (Phi) is 5.75. The van der Waals surface area contributed by atoms with Gasteiger partial charge in [-0.15, -0.1) is 0 Å². The fraction of sp³-hybridized carbons (Fsp3) is 0.208. The van der Waals surface area contributed by atoms with E-state index >= 15 is 0 Å². The molecule has 0 N–H and O–H groups in total. The molecule has 9 heteroatoms. The van der Waals surface area contributed by atoms with Crippen LogP contribution in [-0.2, 0) is 0 Å². The van der Waals surface area contributed by atoms with E-state index in [1.165, 1.54) is 18.3 Å². The first-order valence-corrected chi connectivity index (χ1v) is 10.8. The third-order valence-electron chi connectivity index (χ3n) is 5.78. The van der Waals surface area contributed by atoms with E-state index in [0.29, 0.717) is 43.1 Å². The van der Waals surface area contributed by atoms with Gasteiger partial charge in [0.05, 0.1) is 11.3 Å². The number of rotatable bonds is 5. The number of anilines is 2. The highest BCUT2D eigenvalue weighted by Crippen LogP contribution is 2.28. The second-order valence-electron chi connectivity index (χ2n) is 7.84. The summed E-state index contributed by atoms with van der Waals surface area (Å²) in [5.41, 5.74) is 1.89. The van der Waals surface area contributed by atoms with Crippen LogP contribution in [0.4, 0.5) is 16.0 Å². The number of hydrogen-bond acceptors (Lipinski definition) is 6. The van der Waals surface area contributed by atoms with Crippen molar-refractivity contribution in [2.24, 2.45) is 0 Å². The first kappa shape index (κ1) is 20.7. The summed E-state index contributed by atoms with van der Waals surface area (Å²) < 4.78 is 15.7. The Balaban J connectivity index is 1.39. The van der Waals surface area contributed by atoms with Crippen LogP contribution in [-0.4, -0.2) is 50.2 Å². The molecule has 1 aliphatic rings. The first-order chi connectivity index (χ1) is 16.2. The number of tetrazole rings is 1. The fourth-order valence-corrected chi connectivity index (χ4v) is 4.19. The van der Waals surface area contributed by atoms with Crippen LogP contribution < -0.4 is 9.80 Å². The van der Waals surface area contributed by atoms with Crippen molar-refractivity contribution in [3.05, 3.63) is 90.5 Å². The van der Waals surface area contributed by atoms with E-state index in [1.807, 2.05) is 30.3 Å². The summed E-state index contributed by atoms with van der Waals surface area (Å²) >= 11 is 0. The highest BCUT2D eigenvalue weighted by molar-refractivity contribution is 6.06. The van der Waals surface area contributed by atoms with Crippen LogP contribution in [0.1, 0.15) is 23.2 Å². The molecule has 1 aliphatic heterocycles. The van der Waals surface area contributed by atoms with Gasteiger partial charge < -0.3 is 9.80 Å². The highest BCUT2D eigenvalue weighted by Gasteiger charge is 2.31. The Morgan fingerprint density at radius 3 is 2.55 bits per heavy atom. The van der Waals surface area contributed by atoms with Gasteiger partial charge in [0.25, 0.3) is 5.91 Å². The van der Waals surface area contributed by atoms with Crippen molar-refractivity contribution in [1.82, 2.24) is 25.2 Å². The zero-order valence-corrected chi connectivity index (χ0v) is 17.8. The predicted molar refractivity (Wildman–Crippen MR) is 122 cm³/mol. The summed E-state index contributed by atoms with van der Waals surface area (Å²) in [7, 11) is 0. The summed E-state index contributed by atoms with van der Waals surface area (Å²) in [5.74, 6) is 0.0905. The standard InChI is InChI=1S/C24H22FN7O/c25-19-7-4-10-22(16-19)31(23(33)18-6-5-13-26-17-18)20-11-14-30(15-12-20)24-27-28-29-32(24)21-8-2-1-3-9-21/h1-10,13,16-17,20H,11-12,14-15H2. The van der Waals surface area contributed by atoms with Crippen LogP contribution in [0.2, 0.25) is 0 Å². The number of pyridine rings is 1. The third-order valence-corrected chi connectivity index (χ3v) is 5.78. The predicted octanol–water partition coefficient (Wildman–Crippen LogP) is 3.51. The first-order valence-electron chi connectivity index (χ1n) is 10.8. The lowest BCUT2D eigenvalue weighted by molar-refractivity contribution is 0.0972. The fourth-order valence-electron chi connectivity index (χ4n) is 4.19. The highest BCUT2D eigenvalue weighted by atomic mass is 19.1. The zero-order chi connectivity index (χ0) is 22.6. The maximum atomic E-state index is 14.0. The van der Waals surface area contributed by atoms with E-state index in [-0.39, 0.29) is 17.8 Å². The second kappa shape index (κ2) is 9.15. The van der Waals surface area contributed by atoms with Crippen LogP contribution in [0.5, 0.6) is 0 Å². The average molecular weight is 443 g/mol. The molecule has 0 spiro atoms. The minimum atomic E-state index is -0.379. The van der Waals surface area contributed by atoms with Gasteiger partial charge in [0.15, 0.2) is 0 Å². The molecule has 0 saturated carbocycles. The largest absolute Gasteiger partial charge is 0.339 e. The normalized spacial score (nSPS) is 14.3. The maximum Gasteiger partial charge on any atom is 0.260 e. The molecule has 2 aromatic heterocycles. The molecule has 1 fully saturated rings. The molecule has 1 saturated heterocycles. The second-order valence-corrected chi connectivity index (χ2v) is 7.84. The number of amides is 1. The summed E-state index contributed by atoms with van der Waals surface area (Å²) in [6.45, 7) is 1.31. The summed E-state index contributed by atoms with van der Waals surface area (Å²) in [5, 5.41) is 12.2. The number of nitrogens with zero attached hydrogens (tertiary/aromatic N) is 7. The van der Waals surface area contributed by atoms with Gasteiger partial charge >= 0.3 is 0 Å². The molecule has 2 aromatic carbocycles. The summed E-state index contributed by atoms with van der Waals surface area (Å²) in [6, 6.07) is 19.2. The van der Waals surface area contributed by atoms with Crippen LogP contribution in [0.15, 0.2) is 79.1 Å². The lowest BCUT2D eigenvalue weighted by atomic mass is 10.0. The Bertz CT molecular complexity index is 1220. The number of piperidine rings is 1. The molecule has 4 aromatic rings. The number of carbonyl (C=O) groups is 1. The molecule has 166 valence electrons. The molecule has 0 bridgehead atoms. The van der Waals surface area contributed by atoms with Crippen molar-refractivity contribution in [3.63, 3.8) is 0 Å². The van der Waals surface area contributed by atoms with Crippen molar-refractivity contribution in [1.29, 1.82) is 0 Å². The average Bonchev–Trinajstić information content (AvgIpc) is 3.36. The number of hydrogen-bond donors (Lipinski definition) is 0. The minimum Gasteiger partial charge on any atom is -0.339 e. The van der Waals surface area contributed by atoms with Crippen LogP contribution in [0, 0.1) is 5.82 Å². The quantitative estimate of drug-likeness (QED) is 0.470. The Labute approximate surface area is 190 Å². The van der Waals surface area contributed by atoms with E-state index in [0.717, 1.165) is 5.69 Å². The van der Waals surface area contributed by atoms with Gasteiger partial charge in [-0.1, -0.05) is 29.4 Å².